The average molecular weight is 501 g/mol. The van der Waals surface area contributed by atoms with Crippen LogP contribution in [0.4, 0.5) is 19.0 Å². The number of nitrogens with one attached hydrogen (secondary N) is 1. The summed E-state index contributed by atoms with van der Waals surface area (Å²) in [6.07, 6.45) is 1.31. The molecule has 3 fully saturated rings. The molecule has 1 aliphatic heterocycles. The summed E-state index contributed by atoms with van der Waals surface area (Å²) in [4.78, 5) is 32.6. The molecule has 4 unspecified atom stereocenters. The lowest BCUT2D eigenvalue weighted by Crippen LogP contribution is -2.60. The molecule has 0 bridgehead atoms. The van der Waals surface area contributed by atoms with Crippen LogP contribution in [0.15, 0.2) is 42.9 Å². The fourth-order valence-electron chi connectivity index (χ4n) is 5.71. The Morgan fingerprint density at radius 3 is 2.69 bits per heavy atom. The molecule has 2 saturated carbocycles. The van der Waals surface area contributed by atoms with E-state index in [1.165, 1.54) is 0 Å². The zero-order valence-electron chi connectivity index (χ0n) is 18.6. The number of amides is 1. The fraction of sp³-hybridized carbons (Fsp3) is 0.375. The second-order valence-corrected chi connectivity index (χ2v) is 9.87. The third-order valence-electron chi connectivity index (χ3n) is 7.40. The van der Waals surface area contributed by atoms with Crippen LogP contribution in [0.1, 0.15) is 34.6 Å². The number of likely N-dealkylation sites (tertiary alicyclic amines) is 1. The molecule has 3 aromatic heterocycles. The van der Waals surface area contributed by atoms with Gasteiger partial charge in [-0.15, -0.1) is 0 Å². The first-order chi connectivity index (χ1) is 16.7. The van der Waals surface area contributed by atoms with E-state index in [4.69, 9.17) is 11.6 Å². The Morgan fingerprint density at radius 2 is 1.97 bits per heavy atom. The maximum absolute atomic E-state index is 13.8. The van der Waals surface area contributed by atoms with Crippen LogP contribution in [-0.4, -0.2) is 49.4 Å². The minimum atomic E-state index is -4.52. The number of pyridine rings is 2. The van der Waals surface area contributed by atoms with Gasteiger partial charge >= 0.3 is 6.18 Å². The summed E-state index contributed by atoms with van der Waals surface area (Å²) < 4.78 is 38.9. The monoisotopic (exact) mass is 500 g/mol. The number of piperidine rings is 1. The zero-order valence-corrected chi connectivity index (χ0v) is 19.3. The van der Waals surface area contributed by atoms with Crippen LogP contribution in [0.2, 0.25) is 5.02 Å². The summed E-state index contributed by atoms with van der Waals surface area (Å²) in [5, 5.41) is 3.09. The van der Waals surface area contributed by atoms with Crippen molar-refractivity contribution >= 4 is 23.3 Å². The van der Waals surface area contributed by atoms with Crippen LogP contribution >= 0.6 is 11.6 Å². The number of nitrogens with zero attached hydrogens (tertiary/aromatic N) is 5. The molecule has 11 heteroatoms. The smallest absolute Gasteiger partial charge is 0.364 e. The van der Waals surface area contributed by atoms with Gasteiger partial charge in [-0.05, 0) is 55.4 Å². The predicted octanol–water partition coefficient (Wildman–Crippen LogP) is 4.63. The van der Waals surface area contributed by atoms with Crippen molar-refractivity contribution in [3.8, 4) is 11.4 Å². The van der Waals surface area contributed by atoms with E-state index in [2.05, 4.69) is 25.3 Å². The van der Waals surface area contributed by atoms with Gasteiger partial charge in [0.2, 0.25) is 0 Å². The minimum absolute atomic E-state index is 0.0406. The number of carbonyl (C=O) groups is 1. The van der Waals surface area contributed by atoms with Crippen molar-refractivity contribution in [2.24, 2.45) is 11.3 Å². The van der Waals surface area contributed by atoms with Gasteiger partial charge in [-0.2, -0.15) is 13.2 Å². The zero-order chi connectivity index (χ0) is 24.5. The Labute approximate surface area is 203 Å². The number of hydrogen-bond acceptors (Lipinski definition) is 6. The first-order valence-electron chi connectivity index (χ1n) is 11.2. The number of alkyl halides is 3. The van der Waals surface area contributed by atoms with Crippen molar-refractivity contribution in [2.75, 3.05) is 11.9 Å². The molecule has 35 heavy (non-hydrogen) atoms. The lowest BCUT2D eigenvalue weighted by Gasteiger charge is -2.48. The van der Waals surface area contributed by atoms with Crippen molar-refractivity contribution < 1.29 is 18.0 Å². The average Bonchev–Trinajstić information content (AvgIpc) is 3.48. The van der Waals surface area contributed by atoms with Gasteiger partial charge in [-0.25, -0.2) is 19.9 Å². The second kappa shape index (κ2) is 7.61. The number of anilines is 1. The molecule has 180 valence electrons. The van der Waals surface area contributed by atoms with Crippen molar-refractivity contribution in [3.05, 3.63) is 64.8 Å². The number of rotatable bonds is 4. The van der Waals surface area contributed by atoms with Crippen molar-refractivity contribution in [3.63, 3.8) is 0 Å². The summed E-state index contributed by atoms with van der Waals surface area (Å²) in [5.74, 6) is 0.812. The van der Waals surface area contributed by atoms with E-state index in [1.807, 2.05) is 17.9 Å². The van der Waals surface area contributed by atoms with Crippen LogP contribution in [0.25, 0.3) is 11.4 Å². The molecular weight excluding hydrogens is 481 g/mol. The Hall–Kier alpha value is -3.27. The van der Waals surface area contributed by atoms with Crippen LogP contribution in [0.5, 0.6) is 0 Å². The number of carbonyl (C=O) groups excluding carboxylic acids is 1. The van der Waals surface area contributed by atoms with Crippen LogP contribution in [0.3, 0.4) is 0 Å². The molecule has 1 spiro atoms. The maximum Gasteiger partial charge on any atom is 0.417 e. The number of aryl methyl sites for hydroxylation is 1. The Kier molecular flexibility index (Phi) is 4.83. The molecule has 0 aromatic carbocycles. The molecule has 3 aliphatic rings. The van der Waals surface area contributed by atoms with Gasteiger partial charge < -0.3 is 10.2 Å². The number of halogens is 4. The Bertz CT molecular complexity index is 1340. The topological polar surface area (TPSA) is 83.9 Å². The van der Waals surface area contributed by atoms with Gasteiger partial charge in [0.15, 0.2) is 5.82 Å². The normalized spacial score (nSPS) is 26.5. The molecule has 1 amide bonds. The van der Waals surface area contributed by atoms with Gasteiger partial charge in [0.05, 0.1) is 22.2 Å². The molecule has 2 aliphatic carbocycles. The van der Waals surface area contributed by atoms with Gasteiger partial charge in [0.1, 0.15) is 11.5 Å². The van der Waals surface area contributed by atoms with E-state index in [-0.39, 0.29) is 34.2 Å². The van der Waals surface area contributed by atoms with E-state index in [1.54, 1.807) is 24.5 Å². The summed E-state index contributed by atoms with van der Waals surface area (Å²) in [5.41, 5.74) is 0.699. The molecule has 1 N–H and O–H groups in total. The highest BCUT2D eigenvalue weighted by molar-refractivity contribution is 6.33. The molecule has 3 aromatic rings. The molecule has 1 saturated heterocycles. The Balaban J connectivity index is 1.28. The molecule has 4 heterocycles. The van der Waals surface area contributed by atoms with E-state index in [0.717, 1.165) is 25.1 Å². The summed E-state index contributed by atoms with van der Waals surface area (Å²) >= 11 is 6.12. The highest BCUT2D eigenvalue weighted by Crippen LogP contribution is 2.71. The van der Waals surface area contributed by atoms with E-state index < -0.39 is 11.7 Å². The van der Waals surface area contributed by atoms with E-state index in [0.29, 0.717) is 35.2 Å². The first kappa shape index (κ1) is 22.2. The molecule has 6 rings (SSSR count). The number of aromatic nitrogens is 4. The van der Waals surface area contributed by atoms with Gasteiger partial charge in [-0.3, -0.25) is 4.79 Å². The van der Waals surface area contributed by atoms with Crippen LogP contribution in [-0.2, 0) is 6.18 Å². The summed E-state index contributed by atoms with van der Waals surface area (Å²) in [6, 6.07) is 5.90. The molecule has 4 atom stereocenters. The maximum atomic E-state index is 13.8. The minimum Gasteiger partial charge on any atom is -0.364 e. The van der Waals surface area contributed by atoms with Crippen molar-refractivity contribution in [1.29, 1.82) is 0 Å². The fourth-order valence-corrected chi connectivity index (χ4v) is 5.93. The first-order valence-corrected chi connectivity index (χ1v) is 11.6. The lowest BCUT2D eigenvalue weighted by atomic mass is 9.71. The van der Waals surface area contributed by atoms with Gasteiger partial charge in [0, 0.05) is 36.9 Å². The summed E-state index contributed by atoms with van der Waals surface area (Å²) in [6.45, 7) is 2.43. The third-order valence-corrected chi connectivity index (χ3v) is 7.69. The highest BCUT2D eigenvalue weighted by Gasteiger charge is 2.75. The van der Waals surface area contributed by atoms with Crippen LogP contribution in [0, 0.1) is 18.3 Å². The molecular formula is C24H20ClF3N6O. The van der Waals surface area contributed by atoms with Crippen molar-refractivity contribution in [1.82, 2.24) is 24.8 Å². The number of hydrogen-bond donors (Lipinski definition) is 1. The van der Waals surface area contributed by atoms with E-state index in [9.17, 15) is 18.0 Å². The third kappa shape index (κ3) is 3.53. The predicted molar refractivity (Wildman–Crippen MR) is 122 cm³/mol. The Morgan fingerprint density at radius 1 is 1.20 bits per heavy atom. The molecule has 0 radical (unpaired) electrons. The largest absolute Gasteiger partial charge is 0.417 e. The standard InChI is InChI=1S/C24H20ClF3N6O/c1-12-3-4-15(20-29-5-2-6-30-20)18(32-12)22(35)34-11-14-8-23(14)9-17(19(23)34)33-21-16(25)7-13(10-31-21)24(26,27)28/h2-7,10,14,17,19H,8-9,11H2,1H3,(H,31,33). The second-order valence-electron chi connectivity index (χ2n) is 9.46. The van der Waals surface area contributed by atoms with Crippen molar-refractivity contribution in [2.45, 2.75) is 38.0 Å². The van der Waals surface area contributed by atoms with Gasteiger partial charge in [-0.1, -0.05) is 11.6 Å². The highest BCUT2D eigenvalue weighted by atomic mass is 35.5. The van der Waals surface area contributed by atoms with Gasteiger partial charge in [0.25, 0.3) is 5.91 Å². The SMILES string of the molecule is Cc1ccc(-c2ncccn2)c(C(=O)N2CC3CC34CC(Nc3ncc(C(F)(F)F)cc3Cl)C24)n1. The quantitative estimate of drug-likeness (QED) is 0.562. The van der Waals surface area contributed by atoms with E-state index >= 15 is 0 Å². The van der Waals surface area contributed by atoms with Crippen LogP contribution < -0.4 is 5.32 Å². The summed E-state index contributed by atoms with van der Waals surface area (Å²) in [7, 11) is 0. The lowest BCUT2D eigenvalue weighted by molar-refractivity contribution is -0.137. The molecule has 7 nitrogen and oxygen atoms in total.